The molecule has 2 bridgehead atoms. The topological polar surface area (TPSA) is 107 Å². The lowest BCUT2D eigenvalue weighted by Gasteiger charge is -2.63. The van der Waals surface area contributed by atoms with E-state index in [1.165, 1.54) is 32.1 Å². The van der Waals surface area contributed by atoms with Crippen LogP contribution < -0.4 is 0 Å². The van der Waals surface area contributed by atoms with Crippen molar-refractivity contribution in [2.45, 2.75) is 167 Å². The van der Waals surface area contributed by atoms with Crippen LogP contribution in [0, 0.1) is 50.7 Å². The van der Waals surface area contributed by atoms with Gasteiger partial charge in [0.15, 0.2) is 12.1 Å². The summed E-state index contributed by atoms with van der Waals surface area (Å²) in [4.78, 5) is 0. The van der Waals surface area contributed by atoms with E-state index in [0.717, 1.165) is 25.7 Å². The van der Waals surface area contributed by atoms with Crippen LogP contribution in [0.15, 0.2) is 0 Å². The van der Waals surface area contributed by atoms with Crippen LogP contribution in [-0.2, 0) is 23.7 Å². The molecule has 16 atom stereocenters. The molecule has 0 radical (unpaired) electrons. The molecule has 3 heterocycles. The first-order chi connectivity index (χ1) is 21.0. The molecule has 5 aliphatic carbocycles. The lowest BCUT2D eigenvalue weighted by molar-refractivity contribution is -0.302. The minimum Gasteiger partial charge on any atom is -0.388 e. The highest BCUT2D eigenvalue weighted by Gasteiger charge is 2.85. The number of rotatable bonds is 5. The van der Waals surface area contributed by atoms with Gasteiger partial charge in [-0.25, -0.2) is 0 Å². The van der Waals surface area contributed by atoms with Gasteiger partial charge in [0.1, 0.15) is 24.4 Å². The summed E-state index contributed by atoms with van der Waals surface area (Å²) in [6, 6.07) is 0. The Morgan fingerprint density at radius 3 is 2.29 bits per heavy atom. The Bertz CT molecular complexity index is 1210. The molecule has 0 aromatic rings. The van der Waals surface area contributed by atoms with E-state index in [1.54, 1.807) is 0 Å². The quantitative estimate of drug-likeness (QED) is 0.356. The molecule has 8 heteroatoms. The summed E-state index contributed by atoms with van der Waals surface area (Å²) in [5.41, 5.74) is 0.551. The van der Waals surface area contributed by atoms with Crippen molar-refractivity contribution in [2.24, 2.45) is 50.7 Å². The molecular formula is C37H60O8. The van der Waals surface area contributed by atoms with Gasteiger partial charge < -0.3 is 39.0 Å². The van der Waals surface area contributed by atoms with Crippen molar-refractivity contribution >= 4 is 0 Å². The fourth-order valence-corrected chi connectivity index (χ4v) is 14.4. The lowest BCUT2D eigenvalue weighted by Crippen LogP contribution is -2.60. The molecule has 0 amide bonds. The van der Waals surface area contributed by atoms with Crippen molar-refractivity contribution in [2.75, 3.05) is 13.2 Å². The standard InChI is InChI=1S/C37H60O8/c1-9-42-32(5,6)29-22-16-20(2)28-33(7)14-15-36-19-35(36)13-12-25(43-30-27(40)26(39)21(38)17-41-30)31(3,4)23(35)10-11-24(36)34(33,8)18-37(28,44-22)45-29/h20-30,38-40H,9-19H2,1-8H3. The first kappa shape index (κ1) is 31.9. The summed E-state index contributed by atoms with van der Waals surface area (Å²) in [6.07, 6.45) is 5.91. The number of fused-ring (bicyclic) bond motifs is 4. The summed E-state index contributed by atoms with van der Waals surface area (Å²) in [5.74, 6) is 1.64. The second kappa shape index (κ2) is 9.68. The van der Waals surface area contributed by atoms with Crippen LogP contribution >= 0.6 is 0 Å². The average molecular weight is 633 g/mol. The number of hydrogen-bond donors (Lipinski definition) is 3. The average Bonchev–Trinajstić information content (AvgIpc) is 3.45. The van der Waals surface area contributed by atoms with Gasteiger partial charge in [-0.15, -0.1) is 0 Å². The zero-order chi connectivity index (χ0) is 32.2. The van der Waals surface area contributed by atoms with Gasteiger partial charge in [0.25, 0.3) is 0 Å². The van der Waals surface area contributed by atoms with E-state index in [1.807, 2.05) is 0 Å². The SMILES string of the molecule is CCOC(C)(C)C1OC23CC4(C)C5CCC6C(C)(C)C(OC7OCC(O)C(O)C7O)CCC67CC57CCC4(C)C2C(C)CC1O3. The highest BCUT2D eigenvalue weighted by Crippen LogP contribution is 2.90. The van der Waals surface area contributed by atoms with Gasteiger partial charge in [0.2, 0.25) is 0 Å². The molecule has 45 heavy (non-hydrogen) atoms. The third-order valence-electron chi connectivity index (χ3n) is 16.2. The molecule has 0 aromatic heterocycles. The Kier molecular flexibility index (Phi) is 6.86. The number of aliphatic hydroxyl groups is 3. The molecule has 8 rings (SSSR count). The maximum Gasteiger partial charge on any atom is 0.186 e. The molecule has 8 nitrogen and oxygen atoms in total. The Morgan fingerprint density at radius 2 is 1.56 bits per heavy atom. The molecule has 5 saturated carbocycles. The molecule has 0 aromatic carbocycles. The summed E-state index contributed by atoms with van der Waals surface area (Å²) < 4.78 is 32.9. The summed E-state index contributed by atoms with van der Waals surface area (Å²) in [7, 11) is 0. The van der Waals surface area contributed by atoms with Crippen LogP contribution in [0.25, 0.3) is 0 Å². The van der Waals surface area contributed by atoms with Crippen LogP contribution in [-0.4, -0.2) is 82.8 Å². The van der Waals surface area contributed by atoms with E-state index in [2.05, 4.69) is 55.4 Å². The van der Waals surface area contributed by atoms with Gasteiger partial charge in [0.05, 0.1) is 24.4 Å². The monoisotopic (exact) mass is 632 g/mol. The maximum absolute atomic E-state index is 10.6. The lowest BCUT2D eigenvalue weighted by atomic mass is 9.41. The van der Waals surface area contributed by atoms with Crippen molar-refractivity contribution in [1.82, 2.24) is 0 Å². The summed E-state index contributed by atoms with van der Waals surface area (Å²) >= 11 is 0. The van der Waals surface area contributed by atoms with Gasteiger partial charge >= 0.3 is 0 Å². The van der Waals surface area contributed by atoms with Crippen LogP contribution in [0.1, 0.15) is 113 Å². The molecule has 3 spiro atoms. The summed E-state index contributed by atoms with van der Waals surface area (Å²) in [5, 5.41) is 30.9. The molecular weight excluding hydrogens is 572 g/mol. The molecule has 3 aliphatic heterocycles. The Labute approximate surface area is 270 Å². The molecule has 16 unspecified atom stereocenters. The normalized spacial score (nSPS) is 59.4. The smallest absolute Gasteiger partial charge is 0.186 e. The van der Waals surface area contributed by atoms with E-state index in [-0.39, 0.29) is 46.8 Å². The predicted molar refractivity (Wildman–Crippen MR) is 167 cm³/mol. The van der Waals surface area contributed by atoms with Crippen LogP contribution in [0.4, 0.5) is 0 Å². The first-order valence-electron chi connectivity index (χ1n) is 18.3. The molecule has 8 aliphatic rings. The highest BCUT2D eigenvalue weighted by atomic mass is 16.8. The number of hydrogen-bond acceptors (Lipinski definition) is 8. The number of aliphatic hydroxyl groups excluding tert-OH is 3. The van der Waals surface area contributed by atoms with Crippen LogP contribution in [0.2, 0.25) is 0 Å². The van der Waals surface area contributed by atoms with E-state index < -0.39 is 30.4 Å². The predicted octanol–water partition coefficient (Wildman–Crippen LogP) is 5.19. The first-order valence-corrected chi connectivity index (χ1v) is 18.3. The zero-order valence-corrected chi connectivity index (χ0v) is 29.0. The molecule has 8 fully saturated rings. The van der Waals surface area contributed by atoms with Gasteiger partial charge in [-0.3, -0.25) is 0 Å². The minimum atomic E-state index is -1.25. The Balaban J connectivity index is 1.07. The Hall–Kier alpha value is -0.320. The van der Waals surface area contributed by atoms with Crippen molar-refractivity contribution in [3.8, 4) is 0 Å². The molecule has 256 valence electrons. The van der Waals surface area contributed by atoms with Gasteiger partial charge in [0, 0.05) is 18.9 Å². The molecule has 3 saturated heterocycles. The third kappa shape index (κ3) is 3.83. The second-order valence-corrected chi connectivity index (χ2v) is 18.7. The van der Waals surface area contributed by atoms with Crippen molar-refractivity contribution in [3.05, 3.63) is 0 Å². The zero-order valence-electron chi connectivity index (χ0n) is 29.0. The van der Waals surface area contributed by atoms with Crippen molar-refractivity contribution in [1.29, 1.82) is 0 Å². The Morgan fingerprint density at radius 1 is 0.844 bits per heavy atom. The van der Waals surface area contributed by atoms with E-state index in [4.69, 9.17) is 23.7 Å². The van der Waals surface area contributed by atoms with Gasteiger partial charge in [-0.05, 0) is 117 Å². The largest absolute Gasteiger partial charge is 0.388 e. The summed E-state index contributed by atoms with van der Waals surface area (Å²) in [6.45, 7) is 19.6. The van der Waals surface area contributed by atoms with Crippen LogP contribution in [0.3, 0.4) is 0 Å². The molecule has 3 N–H and O–H groups in total. The second-order valence-electron chi connectivity index (χ2n) is 18.7. The maximum atomic E-state index is 10.6. The van der Waals surface area contributed by atoms with E-state index >= 15 is 0 Å². The minimum absolute atomic E-state index is 0.0231. The van der Waals surface area contributed by atoms with Crippen molar-refractivity contribution < 1.29 is 39.0 Å². The number of ether oxygens (including phenoxy) is 5. The highest BCUT2D eigenvalue weighted by molar-refractivity contribution is 5.32. The third-order valence-corrected chi connectivity index (χ3v) is 16.2. The van der Waals surface area contributed by atoms with Crippen molar-refractivity contribution in [3.63, 3.8) is 0 Å². The fourth-order valence-electron chi connectivity index (χ4n) is 14.4. The fraction of sp³-hybridized carbons (Fsp3) is 1.00. The van der Waals surface area contributed by atoms with Gasteiger partial charge in [-0.1, -0.05) is 34.6 Å². The van der Waals surface area contributed by atoms with E-state index in [0.29, 0.717) is 41.1 Å². The van der Waals surface area contributed by atoms with E-state index in [9.17, 15) is 15.3 Å². The van der Waals surface area contributed by atoms with Gasteiger partial charge in [-0.2, -0.15) is 0 Å². The van der Waals surface area contributed by atoms with Crippen LogP contribution in [0.5, 0.6) is 0 Å².